The second-order valence-corrected chi connectivity index (χ2v) is 6.70. The zero-order valence-electron chi connectivity index (χ0n) is 12.1. The molecule has 1 aromatic rings. The average Bonchev–Trinajstić information content (AvgIpc) is 2.70. The van der Waals surface area contributed by atoms with Gasteiger partial charge in [0, 0.05) is 17.1 Å². The predicted molar refractivity (Wildman–Crippen MR) is 80.2 cm³/mol. The molecular formula is C14H21N3O3S. The fraction of sp³-hybridized carbons (Fsp3) is 0.643. The van der Waals surface area contributed by atoms with E-state index in [1.54, 1.807) is 6.20 Å². The minimum absolute atomic E-state index is 0.289. The number of rotatable bonds is 4. The molecule has 0 radical (unpaired) electrons. The van der Waals surface area contributed by atoms with E-state index in [0.717, 1.165) is 35.6 Å². The van der Waals surface area contributed by atoms with Gasteiger partial charge in [0.05, 0.1) is 12.5 Å². The number of carbonyl (C=O) groups is 2. The Kier molecular flexibility index (Phi) is 5.55. The lowest BCUT2D eigenvalue weighted by Gasteiger charge is -2.22. The lowest BCUT2D eigenvalue weighted by molar-refractivity contribution is -0.142. The van der Waals surface area contributed by atoms with Crippen LogP contribution < -0.4 is 10.6 Å². The molecule has 1 aliphatic carbocycles. The summed E-state index contributed by atoms with van der Waals surface area (Å²) in [7, 11) is 0. The van der Waals surface area contributed by atoms with Gasteiger partial charge in [0.1, 0.15) is 5.01 Å². The van der Waals surface area contributed by atoms with Crippen LogP contribution in [0.3, 0.4) is 0 Å². The molecule has 1 aromatic heterocycles. The standard InChI is InChI=1S/C14H21N3O3S/c1-9-7-15-12(21-9)8-16-14(20)17-11-6-4-2-3-5-10(11)13(18)19/h7,10-11H,2-6,8H2,1H3,(H,18,19)(H2,16,17,20). The van der Waals surface area contributed by atoms with Gasteiger partial charge in [-0.1, -0.05) is 19.3 Å². The summed E-state index contributed by atoms with van der Waals surface area (Å²) in [5, 5.41) is 15.7. The van der Waals surface area contributed by atoms with Gasteiger partial charge in [0.15, 0.2) is 0 Å². The molecule has 1 fully saturated rings. The number of aryl methyl sites for hydroxylation is 1. The summed E-state index contributed by atoms with van der Waals surface area (Å²) in [5.74, 6) is -1.31. The van der Waals surface area contributed by atoms with E-state index in [9.17, 15) is 14.7 Å². The number of amides is 2. The monoisotopic (exact) mass is 311 g/mol. The quantitative estimate of drug-likeness (QED) is 0.744. The Balaban J connectivity index is 1.85. The summed E-state index contributed by atoms with van der Waals surface area (Å²) in [6, 6.07) is -0.607. The van der Waals surface area contributed by atoms with Crippen LogP contribution in [0.2, 0.25) is 0 Å². The fourth-order valence-corrected chi connectivity index (χ4v) is 3.36. The number of carboxylic acid groups (broad SMARTS) is 1. The largest absolute Gasteiger partial charge is 0.481 e. The molecule has 0 bridgehead atoms. The highest BCUT2D eigenvalue weighted by molar-refractivity contribution is 7.11. The van der Waals surface area contributed by atoms with Crippen molar-refractivity contribution in [2.24, 2.45) is 5.92 Å². The van der Waals surface area contributed by atoms with Crippen LogP contribution >= 0.6 is 11.3 Å². The van der Waals surface area contributed by atoms with Gasteiger partial charge in [-0.3, -0.25) is 4.79 Å². The summed E-state index contributed by atoms with van der Waals surface area (Å²) in [5.41, 5.74) is 0. The zero-order valence-corrected chi connectivity index (χ0v) is 12.9. The number of hydrogen-bond donors (Lipinski definition) is 3. The number of urea groups is 1. The van der Waals surface area contributed by atoms with E-state index in [1.165, 1.54) is 11.3 Å². The topological polar surface area (TPSA) is 91.3 Å². The molecule has 2 atom stereocenters. The third-order valence-electron chi connectivity index (χ3n) is 3.72. The van der Waals surface area contributed by atoms with Gasteiger partial charge in [-0.2, -0.15) is 0 Å². The van der Waals surface area contributed by atoms with Gasteiger partial charge < -0.3 is 15.7 Å². The molecule has 2 amide bonds. The van der Waals surface area contributed by atoms with Crippen molar-refractivity contribution < 1.29 is 14.7 Å². The Morgan fingerprint density at radius 3 is 2.81 bits per heavy atom. The molecule has 1 saturated carbocycles. The first kappa shape index (κ1) is 15.8. The zero-order chi connectivity index (χ0) is 15.2. The van der Waals surface area contributed by atoms with E-state index in [1.807, 2.05) is 6.92 Å². The molecule has 0 saturated heterocycles. The first-order valence-corrected chi connectivity index (χ1v) is 8.06. The molecule has 116 valence electrons. The van der Waals surface area contributed by atoms with Crippen LogP contribution in [-0.4, -0.2) is 28.1 Å². The number of aliphatic carboxylic acids is 1. The van der Waals surface area contributed by atoms with E-state index < -0.39 is 11.9 Å². The molecule has 7 heteroatoms. The van der Waals surface area contributed by atoms with Gasteiger partial charge >= 0.3 is 12.0 Å². The molecule has 3 N–H and O–H groups in total. The highest BCUT2D eigenvalue weighted by Gasteiger charge is 2.30. The molecule has 0 aliphatic heterocycles. The van der Waals surface area contributed by atoms with E-state index in [-0.39, 0.29) is 12.1 Å². The maximum Gasteiger partial charge on any atom is 0.315 e. The van der Waals surface area contributed by atoms with Crippen molar-refractivity contribution in [3.05, 3.63) is 16.1 Å². The Morgan fingerprint density at radius 1 is 1.38 bits per heavy atom. The number of carbonyl (C=O) groups excluding carboxylic acids is 1. The van der Waals surface area contributed by atoms with Crippen molar-refractivity contribution in [1.82, 2.24) is 15.6 Å². The average molecular weight is 311 g/mol. The van der Waals surface area contributed by atoms with Crippen LogP contribution in [-0.2, 0) is 11.3 Å². The van der Waals surface area contributed by atoms with Gasteiger partial charge in [-0.05, 0) is 19.8 Å². The van der Waals surface area contributed by atoms with Crippen LogP contribution in [0.1, 0.15) is 42.0 Å². The summed E-state index contributed by atoms with van der Waals surface area (Å²) in [6.07, 6.45) is 6.02. The second kappa shape index (κ2) is 7.40. The first-order chi connectivity index (χ1) is 10.1. The SMILES string of the molecule is Cc1cnc(CNC(=O)NC2CCCCCC2C(=O)O)s1. The maximum atomic E-state index is 11.9. The highest BCUT2D eigenvalue weighted by Crippen LogP contribution is 2.23. The minimum Gasteiger partial charge on any atom is -0.481 e. The lowest BCUT2D eigenvalue weighted by atomic mass is 9.95. The van der Waals surface area contributed by atoms with Crippen molar-refractivity contribution in [2.75, 3.05) is 0 Å². The maximum absolute atomic E-state index is 11.9. The Bertz CT molecular complexity index is 503. The normalized spacial score (nSPS) is 22.3. The van der Waals surface area contributed by atoms with Crippen molar-refractivity contribution >= 4 is 23.3 Å². The smallest absolute Gasteiger partial charge is 0.315 e. The van der Waals surface area contributed by atoms with Crippen molar-refractivity contribution in [2.45, 2.75) is 51.6 Å². The van der Waals surface area contributed by atoms with E-state index >= 15 is 0 Å². The van der Waals surface area contributed by atoms with Gasteiger partial charge in [-0.25, -0.2) is 9.78 Å². The summed E-state index contributed by atoms with van der Waals surface area (Å²) in [4.78, 5) is 28.5. The molecule has 21 heavy (non-hydrogen) atoms. The third kappa shape index (κ3) is 4.70. The van der Waals surface area contributed by atoms with Crippen molar-refractivity contribution in [3.63, 3.8) is 0 Å². The van der Waals surface area contributed by atoms with E-state index in [4.69, 9.17) is 0 Å². The van der Waals surface area contributed by atoms with Gasteiger partial charge in [0.2, 0.25) is 0 Å². The fourth-order valence-electron chi connectivity index (χ4n) is 2.63. The molecule has 1 aliphatic rings. The summed E-state index contributed by atoms with van der Waals surface area (Å²) < 4.78 is 0. The Labute approximate surface area is 128 Å². The molecule has 1 heterocycles. The van der Waals surface area contributed by atoms with E-state index in [2.05, 4.69) is 15.6 Å². The lowest BCUT2D eigenvalue weighted by Crippen LogP contribution is -2.47. The molecule has 0 aromatic carbocycles. The van der Waals surface area contributed by atoms with Crippen LogP contribution in [0.25, 0.3) is 0 Å². The molecule has 6 nitrogen and oxygen atoms in total. The number of hydrogen-bond acceptors (Lipinski definition) is 4. The number of carboxylic acids is 1. The Morgan fingerprint density at radius 2 is 2.14 bits per heavy atom. The minimum atomic E-state index is -0.822. The van der Waals surface area contributed by atoms with Crippen LogP contribution in [0.5, 0.6) is 0 Å². The van der Waals surface area contributed by atoms with Crippen molar-refractivity contribution in [3.8, 4) is 0 Å². The number of aromatic nitrogens is 1. The van der Waals surface area contributed by atoms with Crippen molar-refractivity contribution in [1.29, 1.82) is 0 Å². The number of nitrogens with zero attached hydrogens (tertiary/aromatic N) is 1. The first-order valence-electron chi connectivity index (χ1n) is 7.24. The Hall–Kier alpha value is -1.63. The molecule has 2 unspecified atom stereocenters. The predicted octanol–water partition coefficient (Wildman–Crippen LogP) is 2.28. The van der Waals surface area contributed by atoms with Crippen LogP contribution in [0.15, 0.2) is 6.20 Å². The van der Waals surface area contributed by atoms with Gasteiger partial charge in [-0.15, -0.1) is 11.3 Å². The molecular weight excluding hydrogens is 290 g/mol. The van der Waals surface area contributed by atoms with E-state index in [0.29, 0.717) is 13.0 Å². The summed E-state index contributed by atoms with van der Waals surface area (Å²) in [6.45, 7) is 2.33. The molecule has 2 rings (SSSR count). The van der Waals surface area contributed by atoms with Gasteiger partial charge in [0.25, 0.3) is 0 Å². The third-order valence-corrected chi connectivity index (χ3v) is 4.63. The number of thiazole rings is 1. The van der Waals surface area contributed by atoms with Crippen LogP contribution in [0, 0.1) is 12.8 Å². The second-order valence-electron chi connectivity index (χ2n) is 5.38. The van der Waals surface area contributed by atoms with Crippen LogP contribution in [0.4, 0.5) is 4.79 Å². The summed E-state index contributed by atoms with van der Waals surface area (Å²) >= 11 is 1.54. The molecule has 0 spiro atoms. The number of nitrogens with one attached hydrogen (secondary N) is 2. The highest BCUT2D eigenvalue weighted by atomic mass is 32.1.